The van der Waals surface area contributed by atoms with E-state index in [2.05, 4.69) is 41.5 Å². The zero-order chi connectivity index (χ0) is 21.2. The molecule has 0 heterocycles. The van der Waals surface area contributed by atoms with Crippen LogP contribution in [0.1, 0.15) is 62.3 Å². The molecular weight excluding hydrogens is 360 g/mol. The zero-order valence-corrected chi connectivity index (χ0v) is 18.0. The summed E-state index contributed by atoms with van der Waals surface area (Å²) in [4.78, 5) is 24.2. The third kappa shape index (κ3) is 11.0. The second-order valence-electron chi connectivity index (χ2n) is 9.08. The van der Waals surface area contributed by atoms with Gasteiger partial charge in [-0.05, 0) is 29.0 Å². The van der Waals surface area contributed by atoms with Gasteiger partial charge in [-0.15, -0.1) is 0 Å². The van der Waals surface area contributed by atoms with E-state index < -0.39 is 11.9 Å². The van der Waals surface area contributed by atoms with Crippen LogP contribution in [0.3, 0.4) is 0 Å². The monoisotopic (exact) mass is 394 g/mol. The summed E-state index contributed by atoms with van der Waals surface area (Å²) in [6, 6.07) is 6.29. The van der Waals surface area contributed by atoms with E-state index in [1.54, 1.807) is 18.2 Å². The van der Waals surface area contributed by atoms with Crippen molar-refractivity contribution in [2.45, 2.75) is 41.5 Å². The molecule has 0 fully saturated rings. The van der Waals surface area contributed by atoms with E-state index >= 15 is 0 Å². The molecule has 1 aromatic carbocycles. The molecule has 0 bridgehead atoms. The molecule has 0 aromatic heterocycles. The second-order valence-corrected chi connectivity index (χ2v) is 9.08. The van der Waals surface area contributed by atoms with Gasteiger partial charge < -0.3 is 18.9 Å². The highest BCUT2D eigenvalue weighted by molar-refractivity contribution is 5.95. The normalized spacial score (nSPS) is 11.9. The van der Waals surface area contributed by atoms with Gasteiger partial charge >= 0.3 is 11.9 Å². The van der Waals surface area contributed by atoms with Crippen molar-refractivity contribution in [2.75, 3.05) is 39.6 Å². The van der Waals surface area contributed by atoms with Crippen LogP contribution in [0.25, 0.3) is 0 Å². The van der Waals surface area contributed by atoms with Crippen LogP contribution in [0.4, 0.5) is 0 Å². The standard InChI is InChI=1S/C22H34O6/c1-21(2,3)15-25-10-12-27-19(23)17-8-7-9-18(14-17)20(24)28-13-11-26-16-22(4,5)6/h7-9,14H,10-13,15-16H2,1-6H3. The summed E-state index contributed by atoms with van der Waals surface area (Å²) in [5.41, 5.74) is 0.732. The maximum absolute atomic E-state index is 12.1. The van der Waals surface area contributed by atoms with E-state index in [4.69, 9.17) is 18.9 Å². The molecule has 0 radical (unpaired) electrons. The Bertz CT molecular complexity index is 573. The van der Waals surface area contributed by atoms with Crippen LogP contribution in [0.2, 0.25) is 0 Å². The van der Waals surface area contributed by atoms with Gasteiger partial charge in [0.15, 0.2) is 0 Å². The molecule has 0 spiro atoms. The Morgan fingerprint density at radius 1 is 0.714 bits per heavy atom. The number of hydrogen-bond acceptors (Lipinski definition) is 6. The van der Waals surface area contributed by atoms with Gasteiger partial charge in [-0.2, -0.15) is 0 Å². The zero-order valence-electron chi connectivity index (χ0n) is 18.0. The van der Waals surface area contributed by atoms with Gasteiger partial charge in [0.1, 0.15) is 13.2 Å². The smallest absolute Gasteiger partial charge is 0.338 e. The van der Waals surface area contributed by atoms with Gasteiger partial charge in [0, 0.05) is 0 Å². The molecule has 1 rings (SSSR count). The number of carbonyl (C=O) groups is 2. The van der Waals surface area contributed by atoms with Crippen molar-refractivity contribution >= 4 is 11.9 Å². The Hall–Kier alpha value is -1.92. The Morgan fingerprint density at radius 3 is 1.46 bits per heavy atom. The van der Waals surface area contributed by atoms with E-state index in [0.29, 0.717) is 37.6 Å². The number of carbonyl (C=O) groups excluding carboxylic acids is 2. The summed E-state index contributed by atoms with van der Waals surface area (Å²) in [5.74, 6) is -0.995. The second kappa shape index (κ2) is 11.2. The minimum absolute atomic E-state index is 0.0660. The number of esters is 2. The molecule has 6 heteroatoms. The SMILES string of the molecule is CC(C)(C)COCCOC(=O)c1cccc(C(=O)OCCOCC(C)(C)C)c1. The highest BCUT2D eigenvalue weighted by Crippen LogP contribution is 2.13. The summed E-state index contributed by atoms with van der Waals surface area (Å²) in [5, 5.41) is 0. The summed E-state index contributed by atoms with van der Waals surface area (Å²) in [6.07, 6.45) is 0. The number of benzene rings is 1. The lowest BCUT2D eigenvalue weighted by atomic mass is 9.99. The third-order valence-corrected chi connectivity index (χ3v) is 3.33. The maximum atomic E-state index is 12.1. The molecule has 0 N–H and O–H groups in total. The summed E-state index contributed by atoms with van der Waals surface area (Å²) in [6.45, 7) is 14.6. The van der Waals surface area contributed by atoms with Crippen LogP contribution in [0.15, 0.2) is 24.3 Å². The van der Waals surface area contributed by atoms with Gasteiger partial charge in [-0.3, -0.25) is 0 Å². The van der Waals surface area contributed by atoms with Crippen molar-refractivity contribution in [2.24, 2.45) is 10.8 Å². The number of rotatable bonds is 10. The fourth-order valence-electron chi connectivity index (χ4n) is 2.08. The van der Waals surface area contributed by atoms with Crippen molar-refractivity contribution in [3.8, 4) is 0 Å². The first kappa shape index (κ1) is 24.1. The lowest BCUT2D eigenvalue weighted by Gasteiger charge is -2.18. The van der Waals surface area contributed by atoms with Crippen molar-refractivity contribution < 1.29 is 28.5 Å². The van der Waals surface area contributed by atoms with Crippen LogP contribution in [-0.2, 0) is 18.9 Å². The molecule has 0 unspecified atom stereocenters. The van der Waals surface area contributed by atoms with Crippen LogP contribution < -0.4 is 0 Å². The fraction of sp³-hybridized carbons (Fsp3) is 0.636. The Labute approximate surface area is 168 Å². The Kier molecular flexibility index (Phi) is 9.62. The average molecular weight is 395 g/mol. The van der Waals surface area contributed by atoms with Crippen molar-refractivity contribution in [1.29, 1.82) is 0 Å². The highest BCUT2D eigenvalue weighted by Gasteiger charge is 2.14. The molecule has 0 saturated heterocycles. The minimum atomic E-state index is -0.498. The Morgan fingerprint density at radius 2 is 1.11 bits per heavy atom. The van der Waals surface area contributed by atoms with Gasteiger partial charge in [-0.25, -0.2) is 9.59 Å². The van der Waals surface area contributed by atoms with Crippen molar-refractivity contribution in [1.82, 2.24) is 0 Å². The maximum Gasteiger partial charge on any atom is 0.338 e. The van der Waals surface area contributed by atoms with Gasteiger partial charge in [-0.1, -0.05) is 47.6 Å². The molecule has 6 nitrogen and oxygen atoms in total. The molecule has 1 aromatic rings. The predicted octanol–water partition coefficient (Wildman–Crippen LogP) is 4.13. The third-order valence-electron chi connectivity index (χ3n) is 3.33. The molecule has 0 aliphatic rings. The summed E-state index contributed by atoms with van der Waals surface area (Å²) >= 11 is 0. The minimum Gasteiger partial charge on any atom is -0.460 e. The van der Waals surface area contributed by atoms with Crippen molar-refractivity contribution in [3.05, 3.63) is 35.4 Å². The van der Waals surface area contributed by atoms with E-state index in [1.165, 1.54) is 6.07 Å². The topological polar surface area (TPSA) is 71.1 Å². The van der Waals surface area contributed by atoms with Gasteiger partial charge in [0.05, 0.1) is 37.6 Å². The summed E-state index contributed by atoms with van der Waals surface area (Å²) in [7, 11) is 0. The first-order chi connectivity index (χ1) is 13.0. The van der Waals surface area contributed by atoms with E-state index in [9.17, 15) is 9.59 Å². The molecule has 158 valence electrons. The fourth-order valence-corrected chi connectivity index (χ4v) is 2.08. The van der Waals surface area contributed by atoms with E-state index in [0.717, 1.165) is 0 Å². The first-order valence-corrected chi connectivity index (χ1v) is 9.58. The van der Waals surface area contributed by atoms with Crippen LogP contribution in [0, 0.1) is 10.8 Å². The Balaban J connectivity index is 2.39. The van der Waals surface area contributed by atoms with Gasteiger partial charge in [0.25, 0.3) is 0 Å². The van der Waals surface area contributed by atoms with Crippen molar-refractivity contribution in [3.63, 3.8) is 0 Å². The molecule has 0 amide bonds. The largest absolute Gasteiger partial charge is 0.460 e. The van der Waals surface area contributed by atoms with Crippen LogP contribution in [0.5, 0.6) is 0 Å². The van der Waals surface area contributed by atoms with E-state index in [-0.39, 0.29) is 24.0 Å². The number of ether oxygens (including phenoxy) is 4. The van der Waals surface area contributed by atoms with Crippen LogP contribution in [-0.4, -0.2) is 51.6 Å². The first-order valence-electron chi connectivity index (χ1n) is 9.58. The molecule has 0 atom stereocenters. The summed E-state index contributed by atoms with van der Waals surface area (Å²) < 4.78 is 21.3. The molecule has 0 aliphatic carbocycles. The molecular formula is C22H34O6. The van der Waals surface area contributed by atoms with Crippen LogP contribution >= 0.6 is 0 Å². The highest BCUT2D eigenvalue weighted by atomic mass is 16.6. The number of hydrogen-bond donors (Lipinski definition) is 0. The lowest BCUT2D eigenvalue weighted by molar-refractivity contribution is 0.0177. The predicted molar refractivity (Wildman–Crippen MR) is 108 cm³/mol. The quantitative estimate of drug-likeness (QED) is 0.439. The average Bonchev–Trinajstić information content (AvgIpc) is 2.59. The van der Waals surface area contributed by atoms with Gasteiger partial charge in [0.2, 0.25) is 0 Å². The molecule has 28 heavy (non-hydrogen) atoms. The van der Waals surface area contributed by atoms with E-state index in [1.807, 2.05) is 0 Å². The lowest BCUT2D eigenvalue weighted by Crippen LogP contribution is -2.18. The molecule has 0 aliphatic heterocycles. The molecule has 0 saturated carbocycles.